The van der Waals surface area contributed by atoms with Crippen molar-refractivity contribution in [2.75, 3.05) is 26.3 Å². The normalized spacial score (nSPS) is 16.0. The highest BCUT2D eigenvalue weighted by Crippen LogP contribution is 2.31. The summed E-state index contributed by atoms with van der Waals surface area (Å²) < 4.78 is 5.43. The highest BCUT2D eigenvalue weighted by atomic mass is 35.5. The van der Waals surface area contributed by atoms with E-state index < -0.39 is 0 Å². The Morgan fingerprint density at radius 1 is 0.967 bits per heavy atom. The molecule has 4 aromatic rings. The van der Waals surface area contributed by atoms with Crippen molar-refractivity contribution >= 4 is 22.5 Å². The smallest absolute Gasteiger partial charge is 0.0892 e. The van der Waals surface area contributed by atoms with Gasteiger partial charge in [-0.05, 0) is 23.3 Å². The van der Waals surface area contributed by atoms with Crippen LogP contribution in [0.4, 0.5) is 0 Å². The summed E-state index contributed by atoms with van der Waals surface area (Å²) in [6, 6.07) is 19.1. The third-order valence-corrected chi connectivity index (χ3v) is 6.18. The molecule has 4 nitrogen and oxygen atoms in total. The number of fused-ring (bicyclic) bond motifs is 1. The number of ether oxygens (including phenoxy) is 1. The van der Waals surface area contributed by atoms with Gasteiger partial charge in [-0.3, -0.25) is 9.88 Å². The first-order valence-electron chi connectivity index (χ1n) is 10.3. The summed E-state index contributed by atoms with van der Waals surface area (Å²) >= 11 is 6.67. The second-order valence-electron chi connectivity index (χ2n) is 7.70. The molecule has 3 heterocycles. The number of hydrogen-bond donors (Lipinski definition) is 1. The standard InChI is InChI=1S/C25H24ClN3O/c26-25(29-8-10-30-11-9-29)13-18-6-7-22-23(17-28-24(22)12-18)21-14-20(15-27-16-21)19-4-2-1-3-5-19/h1-7,12,14-17,25,28H,8-11,13H2. The number of hydrogen-bond acceptors (Lipinski definition) is 3. The number of nitrogens with zero attached hydrogens (tertiary/aromatic N) is 2. The minimum Gasteiger partial charge on any atom is -0.379 e. The number of aromatic amines is 1. The topological polar surface area (TPSA) is 41.2 Å². The van der Waals surface area contributed by atoms with Crippen molar-refractivity contribution in [3.8, 4) is 22.3 Å². The molecule has 5 rings (SSSR count). The Kier molecular flexibility index (Phi) is 5.54. The van der Waals surface area contributed by atoms with Crippen LogP contribution < -0.4 is 0 Å². The van der Waals surface area contributed by atoms with Gasteiger partial charge < -0.3 is 9.72 Å². The monoisotopic (exact) mass is 417 g/mol. The third-order valence-electron chi connectivity index (χ3n) is 5.75. The number of rotatable bonds is 5. The van der Waals surface area contributed by atoms with Crippen molar-refractivity contribution in [1.29, 1.82) is 0 Å². The number of nitrogens with one attached hydrogen (secondary N) is 1. The van der Waals surface area contributed by atoms with E-state index >= 15 is 0 Å². The maximum Gasteiger partial charge on any atom is 0.0892 e. The van der Waals surface area contributed by atoms with Gasteiger partial charge in [0.2, 0.25) is 0 Å². The number of benzene rings is 2. The van der Waals surface area contributed by atoms with Crippen LogP contribution in [0, 0.1) is 0 Å². The Bertz CT molecular complexity index is 1140. The van der Waals surface area contributed by atoms with Crippen LogP contribution in [0.3, 0.4) is 0 Å². The lowest BCUT2D eigenvalue weighted by Gasteiger charge is -2.30. The predicted molar refractivity (Wildman–Crippen MR) is 123 cm³/mol. The summed E-state index contributed by atoms with van der Waals surface area (Å²) in [5.74, 6) is 0. The van der Waals surface area contributed by atoms with E-state index in [4.69, 9.17) is 16.3 Å². The summed E-state index contributed by atoms with van der Waals surface area (Å²) in [7, 11) is 0. The van der Waals surface area contributed by atoms with Gasteiger partial charge in [-0.1, -0.05) is 42.5 Å². The molecule has 0 radical (unpaired) electrons. The van der Waals surface area contributed by atoms with E-state index in [2.05, 4.69) is 69.6 Å². The number of alkyl halides is 1. The third kappa shape index (κ3) is 3.99. The molecule has 0 spiro atoms. The molecule has 1 saturated heterocycles. The molecule has 152 valence electrons. The molecule has 0 bridgehead atoms. The Balaban J connectivity index is 1.40. The summed E-state index contributed by atoms with van der Waals surface area (Å²) in [5, 5.41) is 1.20. The second-order valence-corrected chi connectivity index (χ2v) is 8.20. The second kappa shape index (κ2) is 8.60. The maximum absolute atomic E-state index is 6.67. The van der Waals surface area contributed by atoms with E-state index in [1.165, 1.54) is 16.5 Å². The predicted octanol–water partition coefficient (Wildman–Crippen LogP) is 5.34. The summed E-state index contributed by atoms with van der Waals surface area (Å²) in [6.07, 6.45) is 6.73. The molecule has 1 atom stereocenters. The molecule has 5 heteroatoms. The fourth-order valence-electron chi connectivity index (χ4n) is 4.10. The zero-order chi connectivity index (χ0) is 20.3. The average molecular weight is 418 g/mol. The Labute approximate surface area is 181 Å². The van der Waals surface area contributed by atoms with E-state index in [1.54, 1.807) is 0 Å². The molecule has 1 aliphatic heterocycles. The number of aromatic nitrogens is 2. The average Bonchev–Trinajstić information content (AvgIpc) is 3.24. The lowest BCUT2D eigenvalue weighted by Crippen LogP contribution is -2.41. The zero-order valence-corrected chi connectivity index (χ0v) is 17.5. The van der Waals surface area contributed by atoms with Crippen LogP contribution in [-0.4, -0.2) is 46.7 Å². The van der Waals surface area contributed by atoms with Gasteiger partial charge in [0.05, 0.1) is 18.7 Å². The van der Waals surface area contributed by atoms with Crippen LogP contribution in [0.25, 0.3) is 33.2 Å². The van der Waals surface area contributed by atoms with Gasteiger partial charge in [-0.2, -0.15) is 0 Å². The first-order valence-corrected chi connectivity index (χ1v) is 10.8. The van der Waals surface area contributed by atoms with Crippen LogP contribution >= 0.6 is 11.6 Å². The quantitative estimate of drug-likeness (QED) is 0.352. The number of H-pyrrole nitrogens is 1. The summed E-state index contributed by atoms with van der Waals surface area (Å²) in [6.45, 7) is 3.32. The largest absolute Gasteiger partial charge is 0.379 e. The van der Waals surface area contributed by atoms with Crippen molar-refractivity contribution < 1.29 is 4.74 Å². The van der Waals surface area contributed by atoms with Crippen molar-refractivity contribution in [3.05, 3.63) is 78.8 Å². The molecule has 1 N–H and O–H groups in total. The van der Waals surface area contributed by atoms with Crippen LogP contribution in [0.5, 0.6) is 0 Å². The zero-order valence-electron chi connectivity index (χ0n) is 16.7. The minimum atomic E-state index is -0.00691. The van der Waals surface area contributed by atoms with Gasteiger partial charge >= 0.3 is 0 Å². The first-order chi connectivity index (χ1) is 14.8. The van der Waals surface area contributed by atoms with Gasteiger partial charge in [-0.15, -0.1) is 11.6 Å². The molecule has 1 aliphatic rings. The van der Waals surface area contributed by atoms with Crippen molar-refractivity contribution in [2.45, 2.75) is 11.9 Å². The highest BCUT2D eigenvalue weighted by Gasteiger charge is 2.19. The molecule has 1 fully saturated rings. The van der Waals surface area contributed by atoms with Crippen LogP contribution in [0.1, 0.15) is 5.56 Å². The fraction of sp³-hybridized carbons (Fsp3) is 0.240. The van der Waals surface area contributed by atoms with E-state index in [9.17, 15) is 0 Å². The van der Waals surface area contributed by atoms with Crippen LogP contribution in [-0.2, 0) is 11.2 Å². The fourth-order valence-corrected chi connectivity index (χ4v) is 4.47. The molecule has 0 aliphatic carbocycles. The van der Waals surface area contributed by atoms with Crippen molar-refractivity contribution in [2.24, 2.45) is 0 Å². The van der Waals surface area contributed by atoms with E-state index in [0.717, 1.165) is 54.9 Å². The van der Waals surface area contributed by atoms with Crippen molar-refractivity contribution in [1.82, 2.24) is 14.9 Å². The van der Waals surface area contributed by atoms with Crippen LogP contribution in [0.15, 0.2) is 73.2 Å². The molecular weight excluding hydrogens is 394 g/mol. The molecule has 1 unspecified atom stereocenters. The number of pyridine rings is 1. The van der Waals surface area contributed by atoms with E-state index in [1.807, 2.05) is 18.5 Å². The molecular formula is C25H24ClN3O. The van der Waals surface area contributed by atoms with Gasteiger partial charge in [0.1, 0.15) is 0 Å². The van der Waals surface area contributed by atoms with E-state index in [0.29, 0.717) is 0 Å². The first kappa shape index (κ1) is 19.3. The highest BCUT2D eigenvalue weighted by molar-refractivity contribution is 6.20. The molecule has 0 amide bonds. The summed E-state index contributed by atoms with van der Waals surface area (Å²) in [4.78, 5) is 10.2. The van der Waals surface area contributed by atoms with Crippen LogP contribution in [0.2, 0.25) is 0 Å². The Morgan fingerprint density at radius 2 is 1.77 bits per heavy atom. The van der Waals surface area contributed by atoms with Gasteiger partial charge in [0.15, 0.2) is 0 Å². The Hall–Kier alpha value is -2.66. The minimum absolute atomic E-state index is 0.00691. The Morgan fingerprint density at radius 3 is 2.60 bits per heavy atom. The maximum atomic E-state index is 6.67. The molecule has 30 heavy (non-hydrogen) atoms. The number of morpholine rings is 1. The molecule has 2 aromatic carbocycles. The lowest BCUT2D eigenvalue weighted by atomic mass is 10.0. The molecule has 0 saturated carbocycles. The van der Waals surface area contributed by atoms with Crippen molar-refractivity contribution in [3.63, 3.8) is 0 Å². The molecule has 2 aromatic heterocycles. The SMILES string of the molecule is ClC(Cc1ccc2c(-c3cncc(-c4ccccc4)c3)c[nH]c2c1)N1CCOCC1. The van der Waals surface area contributed by atoms with Gasteiger partial charge in [0, 0.05) is 65.7 Å². The number of halogens is 1. The lowest BCUT2D eigenvalue weighted by molar-refractivity contribution is 0.0314. The van der Waals surface area contributed by atoms with Gasteiger partial charge in [-0.25, -0.2) is 0 Å². The van der Waals surface area contributed by atoms with E-state index in [-0.39, 0.29) is 5.50 Å². The van der Waals surface area contributed by atoms with Gasteiger partial charge in [0.25, 0.3) is 0 Å². The summed E-state index contributed by atoms with van der Waals surface area (Å²) in [5.41, 5.74) is 6.92.